The summed E-state index contributed by atoms with van der Waals surface area (Å²) in [5, 5.41) is 22.3. The van der Waals surface area contributed by atoms with Gasteiger partial charge in [0.2, 0.25) is 0 Å². The number of fused-ring (bicyclic) bond motifs is 1. The Bertz CT molecular complexity index is 1080. The highest BCUT2D eigenvalue weighted by Gasteiger charge is 2.50. The molecule has 2 heterocycles. The van der Waals surface area contributed by atoms with Crippen molar-refractivity contribution in [1.82, 2.24) is 9.80 Å². The average Bonchev–Trinajstić information content (AvgIpc) is 3.42. The first kappa shape index (κ1) is 19.4. The Hall–Kier alpha value is -3.57. The van der Waals surface area contributed by atoms with Crippen LogP contribution in [0.15, 0.2) is 42.5 Å². The summed E-state index contributed by atoms with van der Waals surface area (Å²) in [5.74, 6) is 0.342. The molecule has 8 heteroatoms. The standard InChI is InChI=1S/C23H22N4O4/c24-14-15-1-6-18-19(13-15)31-20(25-18)16-2-4-17(5-3-16)21(28)26-9-11-27(12-10-26)22(29)23(30)7-8-23/h1-6,13,20,25,30H,7-12H2. The highest BCUT2D eigenvalue weighted by Crippen LogP contribution is 2.38. The van der Waals surface area contributed by atoms with Crippen LogP contribution < -0.4 is 10.1 Å². The molecule has 8 nitrogen and oxygen atoms in total. The lowest BCUT2D eigenvalue weighted by molar-refractivity contribution is -0.143. The van der Waals surface area contributed by atoms with E-state index in [0.717, 1.165) is 11.3 Å². The van der Waals surface area contributed by atoms with Crippen LogP contribution in [-0.4, -0.2) is 58.5 Å². The number of nitriles is 1. The summed E-state index contributed by atoms with van der Waals surface area (Å²) >= 11 is 0. The second-order valence-corrected chi connectivity index (χ2v) is 8.20. The summed E-state index contributed by atoms with van der Waals surface area (Å²) in [6.45, 7) is 1.78. The van der Waals surface area contributed by atoms with Gasteiger partial charge in [-0.05, 0) is 37.1 Å². The summed E-state index contributed by atoms with van der Waals surface area (Å²) in [7, 11) is 0. The molecule has 158 valence electrons. The van der Waals surface area contributed by atoms with Crippen molar-refractivity contribution in [3.05, 3.63) is 59.2 Å². The molecule has 2 aromatic carbocycles. The second-order valence-electron chi connectivity index (χ2n) is 8.20. The number of hydrogen-bond donors (Lipinski definition) is 2. The van der Waals surface area contributed by atoms with Crippen LogP contribution in [0.4, 0.5) is 5.69 Å². The molecule has 1 atom stereocenters. The SMILES string of the molecule is N#Cc1ccc2c(c1)OC(c1ccc(C(=O)N3CCN(C(=O)C4(O)CC4)CC3)cc1)N2. The van der Waals surface area contributed by atoms with Crippen molar-refractivity contribution in [3.8, 4) is 11.8 Å². The number of piperazine rings is 1. The molecule has 1 aliphatic carbocycles. The number of anilines is 1. The van der Waals surface area contributed by atoms with Crippen LogP contribution in [0.5, 0.6) is 5.75 Å². The summed E-state index contributed by atoms with van der Waals surface area (Å²) < 4.78 is 5.90. The first-order valence-corrected chi connectivity index (χ1v) is 10.4. The van der Waals surface area contributed by atoms with Gasteiger partial charge in [-0.25, -0.2) is 0 Å². The highest BCUT2D eigenvalue weighted by atomic mass is 16.5. The number of benzene rings is 2. The minimum atomic E-state index is -1.16. The lowest BCUT2D eigenvalue weighted by Crippen LogP contribution is -2.53. The summed E-state index contributed by atoms with van der Waals surface area (Å²) in [5.41, 5.74) is 1.66. The van der Waals surface area contributed by atoms with Crippen LogP contribution in [0.3, 0.4) is 0 Å². The van der Waals surface area contributed by atoms with Crippen molar-refractivity contribution in [2.45, 2.75) is 24.7 Å². The monoisotopic (exact) mass is 418 g/mol. The molecule has 31 heavy (non-hydrogen) atoms. The number of nitrogens with one attached hydrogen (secondary N) is 1. The average molecular weight is 418 g/mol. The van der Waals surface area contributed by atoms with Crippen molar-refractivity contribution in [2.24, 2.45) is 0 Å². The van der Waals surface area contributed by atoms with Crippen molar-refractivity contribution >= 4 is 17.5 Å². The summed E-state index contributed by atoms with van der Waals surface area (Å²) in [6, 6.07) is 14.6. The Labute approximate surface area is 179 Å². The molecule has 1 saturated heterocycles. The van der Waals surface area contributed by atoms with E-state index < -0.39 is 5.60 Å². The van der Waals surface area contributed by atoms with Gasteiger partial charge in [-0.3, -0.25) is 9.59 Å². The third-order valence-corrected chi connectivity index (χ3v) is 6.08. The third kappa shape index (κ3) is 3.57. The minimum Gasteiger partial charge on any atom is -0.464 e. The molecule has 1 saturated carbocycles. The van der Waals surface area contributed by atoms with Gasteiger partial charge in [-0.2, -0.15) is 5.26 Å². The van der Waals surface area contributed by atoms with E-state index in [1.165, 1.54) is 0 Å². The van der Waals surface area contributed by atoms with Crippen molar-refractivity contribution in [1.29, 1.82) is 5.26 Å². The Kier molecular flexibility index (Phi) is 4.56. The van der Waals surface area contributed by atoms with Crippen LogP contribution >= 0.6 is 0 Å². The maximum Gasteiger partial charge on any atom is 0.254 e. The number of amides is 2. The second kappa shape index (κ2) is 7.29. The van der Waals surface area contributed by atoms with Gasteiger partial charge >= 0.3 is 0 Å². The fourth-order valence-electron chi connectivity index (χ4n) is 3.98. The molecule has 0 bridgehead atoms. The Balaban J connectivity index is 1.20. The van der Waals surface area contributed by atoms with Crippen molar-refractivity contribution in [2.75, 3.05) is 31.5 Å². The maximum atomic E-state index is 12.9. The van der Waals surface area contributed by atoms with E-state index in [1.54, 1.807) is 34.1 Å². The van der Waals surface area contributed by atoms with Gasteiger partial charge in [0, 0.05) is 43.4 Å². The van der Waals surface area contributed by atoms with E-state index >= 15 is 0 Å². The van der Waals surface area contributed by atoms with Crippen molar-refractivity contribution in [3.63, 3.8) is 0 Å². The normalized spacial score (nSPS) is 20.8. The van der Waals surface area contributed by atoms with Crippen LogP contribution in [0, 0.1) is 11.3 Å². The topological polar surface area (TPSA) is 106 Å². The first-order chi connectivity index (χ1) is 15.0. The summed E-state index contributed by atoms with van der Waals surface area (Å²) in [6.07, 6.45) is 0.680. The number of rotatable bonds is 3. The predicted molar refractivity (Wildman–Crippen MR) is 111 cm³/mol. The Morgan fingerprint density at radius 3 is 2.39 bits per heavy atom. The molecule has 0 radical (unpaired) electrons. The van der Waals surface area contributed by atoms with Crippen LogP contribution in [0.1, 0.15) is 40.6 Å². The van der Waals surface area contributed by atoms with Gasteiger partial charge in [0.05, 0.1) is 17.3 Å². The fraction of sp³-hybridized carbons (Fsp3) is 0.348. The van der Waals surface area contributed by atoms with Crippen LogP contribution in [0.25, 0.3) is 0 Å². The Morgan fingerprint density at radius 1 is 1.06 bits per heavy atom. The Morgan fingerprint density at radius 2 is 1.74 bits per heavy atom. The molecule has 2 fully saturated rings. The lowest BCUT2D eigenvalue weighted by Gasteiger charge is -2.35. The zero-order valence-electron chi connectivity index (χ0n) is 16.9. The molecule has 2 aliphatic heterocycles. The predicted octanol–water partition coefficient (Wildman–Crippen LogP) is 1.87. The number of ether oxygens (including phenoxy) is 1. The molecular weight excluding hydrogens is 396 g/mol. The van der Waals surface area contributed by atoms with E-state index in [9.17, 15) is 14.7 Å². The highest BCUT2D eigenvalue weighted by molar-refractivity contribution is 5.94. The number of carbonyl (C=O) groups is 2. The summed E-state index contributed by atoms with van der Waals surface area (Å²) in [4.78, 5) is 28.5. The van der Waals surface area contributed by atoms with Gasteiger partial charge < -0.3 is 25.0 Å². The quantitative estimate of drug-likeness (QED) is 0.788. The number of aliphatic hydroxyl groups is 1. The van der Waals surface area contributed by atoms with E-state index in [2.05, 4.69) is 11.4 Å². The van der Waals surface area contributed by atoms with Crippen LogP contribution in [-0.2, 0) is 4.79 Å². The molecule has 5 rings (SSSR count). The molecule has 2 N–H and O–H groups in total. The molecule has 0 spiro atoms. The van der Waals surface area contributed by atoms with Gasteiger partial charge in [-0.15, -0.1) is 0 Å². The van der Waals surface area contributed by atoms with Crippen molar-refractivity contribution < 1.29 is 19.4 Å². The van der Waals surface area contributed by atoms with E-state index in [1.807, 2.05) is 18.2 Å². The number of hydrogen-bond acceptors (Lipinski definition) is 6. The molecule has 0 aromatic heterocycles. The zero-order valence-corrected chi connectivity index (χ0v) is 16.9. The molecule has 2 aromatic rings. The maximum absolute atomic E-state index is 12.9. The zero-order chi connectivity index (χ0) is 21.6. The van der Waals surface area contributed by atoms with Crippen LogP contribution in [0.2, 0.25) is 0 Å². The number of carbonyl (C=O) groups excluding carboxylic acids is 2. The third-order valence-electron chi connectivity index (χ3n) is 6.08. The van der Waals surface area contributed by atoms with Gasteiger partial charge in [0.25, 0.3) is 11.8 Å². The molecule has 3 aliphatic rings. The molecular formula is C23H22N4O4. The van der Waals surface area contributed by atoms with Gasteiger partial charge in [-0.1, -0.05) is 12.1 Å². The first-order valence-electron chi connectivity index (χ1n) is 10.4. The largest absolute Gasteiger partial charge is 0.464 e. The molecule has 1 unspecified atom stereocenters. The number of nitrogens with zero attached hydrogens (tertiary/aromatic N) is 3. The molecule has 2 amide bonds. The lowest BCUT2D eigenvalue weighted by atomic mass is 10.1. The van der Waals surface area contributed by atoms with E-state index in [-0.39, 0.29) is 18.0 Å². The fourth-order valence-corrected chi connectivity index (χ4v) is 3.98. The minimum absolute atomic E-state index is 0.0777. The van der Waals surface area contributed by atoms with E-state index in [4.69, 9.17) is 10.00 Å². The smallest absolute Gasteiger partial charge is 0.254 e. The van der Waals surface area contributed by atoms with Gasteiger partial charge in [0.15, 0.2) is 6.23 Å². The van der Waals surface area contributed by atoms with E-state index in [0.29, 0.717) is 55.9 Å². The van der Waals surface area contributed by atoms with Gasteiger partial charge in [0.1, 0.15) is 11.4 Å².